The van der Waals surface area contributed by atoms with E-state index in [1.807, 2.05) is 12.1 Å². The summed E-state index contributed by atoms with van der Waals surface area (Å²) in [6.07, 6.45) is 1.55. The molecule has 0 radical (unpaired) electrons. The van der Waals surface area contributed by atoms with E-state index in [2.05, 4.69) is 10.2 Å². The normalized spacial score (nSPS) is 10.2. The number of nitrogens with two attached hydrogens (primary N) is 1. The van der Waals surface area contributed by atoms with E-state index in [1.165, 1.54) is 0 Å². The quantitative estimate of drug-likeness (QED) is 0.839. The molecule has 0 bridgehead atoms. The number of halogens is 1. The molecule has 0 aliphatic rings. The molecule has 5 heteroatoms. The number of hydrogen-bond donors (Lipinski definition) is 2. The molecule has 0 saturated carbocycles. The van der Waals surface area contributed by atoms with E-state index in [0.717, 1.165) is 5.69 Å². The van der Waals surface area contributed by atoms with Crippen molar-refractivity contribution in [3.05, 3.63) is 41.2 Å². The fraction of sp³-hybridized carbons (Fsp3) is 0.100. The standard InChI is InChI=1S/C10H10ClN3O/c11-7-2-1-3-8(4-7)15-6-10-9(12)5-13-14-10/h1-5H,6,12H2,(H,13,14). The average Bonchev–Trinajstić information content (AvgIpc) is 2.61. The zero-order valence-electron chi connectivity index (χ0n) is 7.90. The number of anilines is 1. The molecule has 0 atom stereocenters. The molecule has 0 aliphatic carbocycles. The summed E-state index contributed by atoms with van der Waals surface area (Å²) in [5.41, 5.74) is 6.99. The van der Waals surface area contributed by atoms with Crippen molar-refractivity contribution in [1.29, 1.82) is 0 Å². The highest BCUT2D eigenvalue weighted by Gasteiger charge is 2.02. The Morgan fingerprint density at radius 1 is 1.47 bits per heavy atom. The lowest BCUT2D eigenvalue weighted by molar-refractivity contribution is 0.302. The Kier molecular flexibility index (Phi) is 2.78. The van der Waals surface area contributed by atoms with Gasteiger partial charge in [-0.15, -0.1) is 0 Å². The number of nitrogens with one attached hydrogen (secondary N) is 1. The van der Waals surface area contributed by atoms with Gasteiger partial charge in [0.15, 0.2) is 0 Å². The molecule has 0 saturated heterocycles. The van der Waals surface area contributed by atoms with Crippen molar-refractivity contribution >= 4 is 17.3 Å². The Balaban J connectivity index is 2.02. The highest BCUT2D eigenvalue weighted by Crippen LogP contribution is 2.18. The number of nitrogen functional groups attached to an aromatic ring is 1. The van der Waals surface area contributed by atoms with Gasteiger partial charge in [0.25, 0.3) is 0 Å². The largest absolute Gasteiger partial charge is 0.487 e. The lowest BCUT2D eigenvalue weighted by Gasteiger charge is -2.05. The molecule has 0 unspecified atom stereocenters. The van der Waals surface area contributed by atoms with Crippen LogP contribution in [0, 0.1) is 0 Å². The second-order valence-corrected chi connectivity index (χ2v) is 3.49. The van der Waals surface area contributed by atoms with Gasteiger partial charge in [0, 0.05) is 5.02 Å². The molecule has 4 nitrogen and oxygen atoms in total. The second-order valence-electron chi connectivity index (χ2n) is 3.05. The topological polar surface area (TPSA) is 63.9 Å². The van der Waals surface area contributed by atoms with Gasteiger partial charge in [-0.1, -0.05) is 17.7 Å². The van der Waals surface area contributed by atoms with Crippen molar-refractivity contribution in [3.63, 3.8) is 0 Å². The smallest absolute Gasteiger partial charge is 0.132 e. The highest BCUT2D eigenvalue weighted by atomic mass is 35.5. The molecule has 1 heterocycles. The van der Waals surface area contributed by atoms with Gasteiger partial charge < -0.3 is 10.5 Å². The summed E-state index contributed by atoms with van der Waals surface area (Å²) in [6.45, 7) is 0.353. The molecule has 3 N–H and O–H groups in total. The van der Waals surface area contributed by atoms with E-state index in [4.69, 9.17) is 22.1 Å². The molecule has 2 aromatic rings. The van der Waals surface area contributed by atoms with Crippen LogP contribution in [0.3, 0.4) is 0 Å². The van der Waals surface area contributed by atoms with Crippen LogP contribution in [0.4, 0.5) is 5.69 Å². The Hall–Kier alpha value is -1.68. The Bertz CT molecular complexity index is 455. The first-order valence-electron chi connectivity index (χ1n) is 4.42. The number of ether oxygens (including phenoxy) is 1. The van der Waals surface area contributed by atoms with E-state index in [-0.39, 0.29) is 0 Å². The SMILES string of the molecule is Nc1cn[nH]c1COc1cccc(Cl)c1. The molecular weight excluding hydrogens is 214 g/mol. The van der Waals surface area contributed by atoms with Crippen molar-refractivity contribution < 1.29 is 4.74 Å². The monoisotopic (exact) mass is 223 g/mol. The predicted molar refractivity (Wildman–Crippen MR) is 58.8 cm³/mol. The minimum absolute atomic E-state index is 0.353. The highest BCUT2D eigenvalue weighted by molar-refractivity contribution is 6.30. The molecule has 0 spiro atoms. The molecule has 0 fully saturated rings. The van der Waals surface area contributed by atoms with Gasteiger partial charge in [-0.05, 0) is 18.2 Å². The van der Waals surface area contributed by atoms with Crippen molar-refractivity contribution in [2.24, 2.45) is 0 Å². The van der Waals surface area contributed by atoms with E-state index in [1.54, 1.807) is 18.3 Å². The predicted octanol–water partition coefficient (Wildman–Crippen LogP) is 2.22. The minimum atomic E-state index is 0.353. The number of benzene rings is 1. The zero-order valence-corrected chi connectivity index (χ0v) is 8.66. The molecule has 78 valence electrons. The Morgan fingerprint density at radius 2 is 2.33 bits per heavy atom. The number of nitrogens with zero attached hydrogens (tertiary/aromatic N) is 1. The molecule has 0 amide bonds. The van der Waals surface area contributed by atoms with Crippen LogP contribution in [0.15, 0.2) is 30.5 Å². The number of rotatable bonds is 3. The summed E-state index contributed by atoms with van der Waals surface area (Å²) in [4.78, 5) is 0. The lowest BCUT2D eigenvalue weighted by Crippen LogP contribution is -1.99. The van der Waals surface area contributed by atoms with Gasteiger partial charge in [0.2, 0.25) is 0 Å². The minimum Gasteiger partial charge on any atom is -0.487 e. The molecule has 2 rings (SSSR count). The van der Waals surface area contributed by atoms with Crippen LogP contribution >= 0.6 is 11.6 Å². The Morgan fingerprint density at radius 3 is 3.00 bits per heavy atom. The molecule has 0 aliphatic heterocycles. The van der Waals surface area contributed by atoms with E-state index < -0.39 is 0 Å². The third kappa shape index (κ3) is 2.41. The van der Waals surface area contributed by atoms with Crippen LogP contribution in [0.25, 0.3) is 0 Å². The number of aromatic amines is 1. The third-order valence-corrected chi connectivity index (χ3v) is 2.17. The summed E-state index contributed by atoms with van der Waals surface area (Å²) in [6, 6.07) is 7.19. The van der Waals surface area contributed by atoms with E-state index >= 15 is 0 Å². The van der Waals surface area contributed by atoms with Crippen molar-refractivity contribution in [1.82, 2.24) is 10.2 Å². The van der Waals surface area contributed by atoms with Gasteiger partial charge in [0.05, 0.1) is 17.6 Å². The summed E-state index contributed by atoms with van der Waals surface area (Å²) < 4.78 is 5.48. The molecule has 15 heavy (non-hydrogen) atoms. The van der Waals surface area contributed by atoms with Gasteiger partial charge >= 0.3 is 0 Å². The maximum absolute atomic E-state index is 5.81. The average molecular weight is 224 g/mol. The molecule has 1 aromatic carbocycles. The maximum Gasteiger partial charge on any atom is 0.132 e. The fourth-order valence-corrected chi connectivity index (χ4v) is 1.33. The van der Waals surface area contributed by atoms with Crippen LogP contribution in [0.5, 0.6) is 5.75 Å². The third-order valence-electron chi connectivity index (χ3n) is 1.93. The fourth-order valence-electron chi connectivity index (χ4n) is 1.15. The van der Waals surface area contributed by atoms with Crippen LogP contribution in [0.2, 0.25) is 5.02 Å². The zero-order chi connectivity index (χ0) is 10.7. The van der Waals surface area contributed by atoms with Crippen LogP contribution in [0.1, 0.15) is 5.69 Å². The van der Waals surface area contributed by atoms with Gasteiger partial charge in [-0.2, -0.15) is 5.10 Å². The van der Waals surface area contributed by atoms with Gasteiger partial charge in [0.1, 0.15) is 12.4 Å². The Labute approximate surface area is 92.0 Å². The lowest BCUT2D eigenvalue weighted by atomic mass is 10.3. The number of hydrogen-bond acceptors (Lipinski definition) is 3. The first kappa shape index (κ1) is 9.86. The van der Waals surface area contributed by atoms with E-state index in [9.17, 15) is 0 Å². The van der Waals surface area contributed by atoms with E-state index in [0.29, 0.717) is 23.1 Å². The summed E-state index contributed by atoms with van der Waals surface area (Å²) in [5, 5.41) is 7.20. The number of H-pyrrole nitrogens is 1. The van der Waals surface area contributed by atoms with Crippen molar-refractivity contribution in [3.8, 4) is 5.75 Å². The molecule has 1 aromatic heterocycles. The van der Waals surface area contributed by atoms with Crippen LogP contribution in [-0.4, -0.2) is 10.2 Å². The first-order chi connectivity index (χ1) is 7.25. The van der Waals surface area contributed by atoms with Gasteiger partial charge in [-0.25, -0.2) is 0 Å². The van der Waals surface area contributed by atoms with Crippen molar-refractivity contribution in [2.75, 3.05) is 5.73 Å². The number of aromatic nitrogens is 2. The summed E-state index contributed by atoms with van der Waals surface area (Å²) in [5.74, 6) is 0.705. The first-order valence-corrected chi connectivity index (χ1v) is 4.79. The van der Waals surface area contributed by atoms with Crippen LogP contribution in [-0.2, 0) is 6.61 Å². The second kappa shape index (κ2) is 4.23. The van der Waals surface area contributed by atoms with Crippen LogP contribution < -0.4 is 10.5 Å². The molecular formula is C10H10ClN3O. The summed E-state index contributed by atoms with van der Waals surface area (Å²) >= 11 is 5.81. The summed E-state index contributed by atoms with van der Waals surface area (Å²) in [7, 11) is 0. The maximum atomic E-state index is 5.81. The van der Waals surface area contributed by atoms with Crippen molar-refractivity contribution in [2.45, 2.75) is 6.61 Å². The van der Waals surface area contributed by atoms with Gasteiger partial charge in [-0.3, -0.25) is 5.10 Å².